The van der Waals surface area contributed by atoms with Crippen LogP contribution in [0.4, 0.5) is 0 Å². The third kappa shape index (κ3) is 5.12. The molecule has 1 aliphatic carbocycles. The molecule has 1 N–H and O–H groups in total. The number of nitrogens with one attached hydrogen (secondary N) is 1. The number of hydrogen-bond acceptors (Lipinski definition) is 6. The Hall–Kier alpha value is -2.75. The van der Waals surface area contributed by atoms with Gasteiger partial charge in [0.1, 0.15) is 4.83 Å². The van der Waals surface area contributed by atoms with Crippen LogP contribution in [-0.2, 0) is 17.6 Å². The monoisotopic (exact) mass is 566 g/mol. The quantitative estimate of drug-likeness (QED) is 0.140. The van der Waals surface area contributed by atoms with Crippen molar-refractivity contribution in [3.63, 3.8) is 0 Å². The predicted octanol–water partition coefficient (Wildman–Crippen LogP) is 5.72. The van der Waals surface area contributed by atoms with Crippen molar-refractivity contribution in [3.05, 3.63) is 85.4 Å². The van der Waals surface area contributed by atoms with Crippen LogP contribution in [0.15, 0.2) is 74.1 Å². The second kappa shape index (κ2) is 10.5. The van der Waals surface area contributed by atoms with E-state index >= 15 is 0 Å². The Morgan fingerprint density at radius 3 is 2.66 bits per heavy atom. The van der Waals surface area contributed by atoms with Gasteiger partial charge in [-0.2, -0.15) is 5.10 Å². The molecule has 0 radical (unpaired) electrons. The zero-order valence-electron chi connectivity index (χ0n) is 19.1. The second-order valence-electron chi connectivity index (χ2n) is 8.29. The van der Waals surface area contributed by atoms with E-state index in [-0.39, 0.29) is 17.2 Å². The molecule has 0 fully saturated rings. The van der Waals surface area contributed by atoms with Crippen LogP contribution in [-0.4, -0.2) is 26.9 Å². The Morgan fingerprint density at radius 1 is 1.14 bits per heavy atom. The van der Waals surface area contributed by atoms with Crippen LogP contribution in [0.1, 0.15) is 35.8 Å². The van der Waals surface area contributed by atoms with Gasteiger partial charge in [-0.1, -0.05) is 58.0 Å². The summed E-state index contributed by atoms with van der Waals surface area (Å²) in [4.78, 5) is 33.3. The average molecular weight is 568 g/mol. The highest BCUT2D eigenvalue weighted by atomic mass is 79.9. The van der Waals surface area contributed by atoms with Gasteiger partial charge >= 0.3 is 0 Å². The Kier molecular flexibility index (Phi) is 7.17. The number of halogens is 1. The topological polar surface area (TPSA) is 76.3 Å². The number of aromatic nitrogens is 2. The largest absolute Gasteiger partial charge is 0.272 e. The van der Waals surface area contributed by atoms with E-state index in [2.05, 4.69) is 26.5 Å². The zero-order chi connectivity index (χ0) is 24.4. The van der Waals surface area contributed by atoms with Crippen molar-refractivity contribution >= 4 is 60.9 Å². The van der Waals surface area contributed by atoms with Gasteiger partial charge in [0, 0.05) is 9.35 Å². The van der Waals surface area contributed by atoms with E-state index < -0.39 is 0 Å². The zero-order valence-corrected chi connectivity index (χ0v) is 22.3. The molecule has 0 saturated carbocycles. The summed E-state index contributed by atoms with van der Waals surface area (Å²) < 4.78 is 2.56. The first-order valence-electron chi connectivity index (χ1n) is 11.4. The molecule has 1 amide bonds. The van der Waals surface area contributed by atoms with Crippen LogP contribution in [0.3, 0.4) is 0 Å². The summed E-state index contributed by atoms with van der Waals surface area (Å²) in [6.07, 6.45) is 4.15. The van der Waals surface area contributed by atoms with Crippen LogP contribution in [0.2, 0.25) is 0 Å². The van der Waals surface area contributed by atoms with Gasteiger partial charge in [-0.25, -0.2) is 10.4 Å². The van der Waals surface area contributed by atoms with Crippen molar-refractivity contribution in [2.75, 3.05) is 5.75 Å². The third-order valence-electron chi connectivity index (χ3n) is 5.92. The minimum Gasteiger partial charge on any atom is -0.272 e. The molecule has 178 valence electrons. The van der Waals surface area contributed by atoms with E-state index in [1.54, 1.807) is 15.9 Å². The van der Waals surface area contributed by atoms with Crippen molar-refractivity contribution in [1.29, 1.82) is 0 Å². The van der Waals surface area contributed by atoms with Gasteiger partial charge in [0.15, 0.2) is 5.16 Å². The SMILES string of the molecule is CC(=NNC(=O)CSc1nc2sc3c(c2c(=O)n1-c1ccc(Br)cc1)CCCC3)c1ccccc1. The summed E-state index contributed by atoms with van der Waals surface area (Å²) in [5, 5.41) is 5.45. The average Bonchev–Trinajstić information content (AvgIpc) is 3.26. The molecule has 9 heteroatoms. The first-order valence-corrected chi connectivity index (χ1v) is 14.0. The lowest BCUT2D eigenvalue weighted by atomic mass is 9.97. The van der Waals surface area contributed by atoms with Crippen molar-refractivity contribution in [2.45, 2.75) is 37.8 Å². The fraction of sp³-hybridized carbons (Fsp3) is 0.231. The van der Waals surface area contributed by atoms with Gasteiger partial charge in [0.25, 0.3) is 11.5 Å². The normalized spacial score (nSPS) is 13.6. The molecule has 2 aromatic heterocycles. The molecule has 0 bridgehead atoms. The number of nitrogens with zero attached hydrogens (tertiary/aromatic N) is 3. The highest BCUT2D eigenvalue weighted by molar-refractivity contribution is 9.10. The standard InChI is InChI=1S/C26H23BrN4O2S2/c1-16(17-7-3-2-4-8-17)29-30-22(32)15-34-26-28-24-23(20-9-5-6-10-21(20)35-24)25(33)31(26)19-13-11-18(27)12-14-19/h2-4,7-8,11-14H,5-6,9-10,15H2,1H3,(H,30,32). The maximum absolute atomic E-state index is 13.8. The molecule has 2 aromatic carbocycles. The van der Waals surface area contributed by atoms with E-state index in [1.165, 1.54) is 16.6 Å². The molecule has 0 atom stereocenters. The molecule has 0 aliphatic heterocycles. The van der Waals surface area contributed by atoms with Crippen LogP contribution in [0, 0.1) is 0 Å². The van der Waals surface area contributed by atoms with Crippen molar-refractivity contribution in [3.8, 4) is 5.69 Å². The summed E-state index contributed by atoms with van der Waals surface area (Å²) in [5.41, 5.74) is 6.09. The van der Waals surface area contributed by atoms with E-state index in [1.807, 2.05) is 61.5 Å². The van der Waals surface area contributed by atoms with Crippen LogP contribution in [0.25, 0.3) is 15.9 Å². The number of aryl methyl sites for hydroxylation is 2. The Balaban J connectivity index is 1.45. The lowest BCUT2D eigenvalue weighted by Gasteiger charge is -2.13. The molecule has 1 aliphatic rings. The lowest BCUT2D eigenvalue weighted by Crippen LogP contribution is -2.24. The minimum absolute atomic E-state index is 0.0717. The molecule has 2 heterocycles. The van der Waals surface area contributed by atoms with Crippen molar-refractivity contribution in [2.24, 2.45) is 5.10 Å². The van der Waals surface area contributed by atoms with Crippen LogP contribution < -0.4 is 11.0 Å². The summed E-state index contributed by atoms with van der Waals surface area (Å²) in [5.74, 6) is -0.169. The summed E-state index contributed by atoms with van der Waals surface area (Å²) in [6.45, 7) is 1.85. The molecular weight excluding hydrogens is 544 g/mol. The summed E-state index contributed by atoms with van der Waals surface area (Å²) in [7, 11) is 0. The molecule has 6 nitrogen and oxygen atoms in total. The number of carbonyl (C=O) groups is 1. The van der Waals surface area contributed by atoms with Gasteiger partial charge in [-0.05, 0) is 68.0 Å². The minimum atomic E-state index is -0.257. The Labute approximate surface area is 219 Å². The number of fused-ring (bicyclic) bond motifs is 3. The van der Waals surface area contributed by atoms with Crippen LogP contribution in [0.5, 0.6) is 0 Å². The molecule has 5 rings (SSSR count). The van der Waals surface area contributed by atoms with E-state index in [0.29, 0.717) is 5.16 Å². The number of amides is 1. The van der Waals surface area contributed by atoms with Gasteiger partial charge < -0.3 is 0 Å². The van der Waals surface area contributed by atoms with E-state index in [4.69, 9.17) is 4.98 Å². The number of hydrogen-bond donors (Lipinski definition) is 1. The van der Waals surface area contributed by atoms with E-state index in [9.17, 15) is 9.59 Å². The fourth-order valence-corrected chi connectivity index (χ4v) is 6.53. The molecule has 35 heavy (non-hydrogen) atoms. The molecular formula is C26H23BrN4O2S2. The van der Waals surface area contributed by atoms with Crippen molar-refractivity contribution < 1.29 is 4.79 Å². The van der Waals surface area contributed by atoms with Crippen LogP contribution >= 0.6 is 39.0 Å². The molecule has 0 spiro atoms. The number of thioether (sulfide) groups is 1. The maximum atomic E-state index is 13.8. The molecule has 0 saturated heterocycles. The van der Waals surface area contributed by atoms with Gasteiger partial charge in [-0.15, -0.1) is 11.3 Å². The van der Waals surface area contributed by atoms with Crippen molar-refractivity contribution in [1.82, 2.24) is 15.0 Å². The first-order chi connectivity index (χ1) is 17.0. The smallest absolute Gasteiger partial charge is 0.267 e. The fourth-order valence-electron chi connectivity index (χ4n) is 4.15. The summed E-state index contributed by atoms with van der Waals surface area (Å²) >= 11 is 6.32. The van der Waals surface area contributed by atoms with Gasteiger partial charge in [-0.3, -0.25) is 14.2 Å². The number of thiophene rings is 1. The number of carbonyl (C=O) groups excluding carboxylic acids is 1. The highest BCUT2D eigenvalue weighted by Gasteiger charge is 2.23. The first kappa shape index (κ1) is 24.0. The number of hydrazone groups is 1. The number of rotatable bonds is 6. The Morgan fingerprint density at radius 2 is 1.89 bits per heavy atom. The predicted molar refractivity (Wildman–Crippen MR) is 147 cm³/mol. The Bertz CT molecular complexity index is 1480. The summed E-state index contributed by atoms with van der Waals surface area (Å²) in [6, 6.07) is 17.2. The highest BCUT2D eigenvalue weighted by Crippen LogP contribution is 2.35. The number of benzene rings is 2. The molecule has 4 aromatic rings. The van der Waals surface area contributed by atoms with Gasteiger partial charge in [0.2, 0.25) is 0 Å². The maximum Gasteiger partial charge on any atom is 0.267 e. The third-order valence-corrected chi connectivity index (χ3v) is 8.57. The molecule has 0 unspecified atom stereocenters. The van der Waals surface area contributed by atoms with E-state index in [0.717, 1.165) is 62.9 Å². The lowest BCUT2D eigenvalue weighted by molar-refractivity contribution is -0.118. The second-order valence-corrected chi connectivity index (χ2v) is 11.2. The van der Waals surface area contributed by atoms with Gasteiger partial charge in [0.05, 0.1) is 22.5 Å².